The molecule has 4 aromatic carbocycles. The minimum atomic E-state index is -1.31. The molecule has 2 aliphatic heterocycles. The van der Waals surface area contributed by atoms with Crippen LogP contribution in [0.4, 0.5) is 0 Å². The average molecular weight is 901 g/mol. The summed E-state index contributed by atoms with van der Waals surface area (Å²) in [5, 5.41) is 17.1. The molecule has 65 heavy (non-hydrogen) atoms. The van der Waals surface area contributed by atoms with Gasteiger partial charge in [0.1, 0.15) is 29.4 Å². The SMILES string of the molecule is CC1C(=O)NC(CO)C(=O)NC2(Cc3ccc(Cl)cc3)CCCN(C2)C(=O)C([C@@H]2CCc3ccccc32)CC(=O)N1Cc1ccccc1Oc1ccc(-c2cnc(CN(C)C)n2C)cc1. The minimum Gasteiger partial charge on any atom is -0.457 e. The van der Waals surface area contributed by atoms with E-state index in [1.165, 1.54) is 4.90 Å². The number of hydrogen-bond acceptors (Lipinski definition) is 8. The smallest absolute Gasteiger partial charge is 0.245 e. The number of ether oxygens (including phenoxy) is 1. The van der Waals surface area contributed by atoms with Gasteiger partial charge in [0.2, 0.25) is 23.6 Å². The number of halogens is 1. The molecule has 0 radical (unpaired) electrons. The normalized spacial score (nSPS) is 22.9. The van der Waals surface area contributed by atoms with Gasteiger partial charge in [0.05, 0.1) is 43.0 Å². The van der Waals surface area contributed by atoms with E-state index in [4.69, 9.17) is 16.3 Å². The number of hydrogen-bond donors (Lipinski definition) is 3. The molecule has 2 bridgehead atoms. The lowest BCUT2D eigenvalue weighted by Gasteiger charge is -2.46. The van der Waals surface area contributed by atoms with E-state index < -0.39 is 42.0 Å². The first kappa shape index (κ1) is 45.5. The van der Waals surface area contributed by atoms with E-state index in [1.54, 1.807) is 19.1 Å². The fraction of sp³-hybridized carbons (Fsp3) is 0.392. The number of imidazole rings is 1. The fourth-order valence-electron chi connectivity index (χ4n) is 9.85. The molecule has 1 aromatic heterocycles. The average Bonchev–Trinajstić information content (AvgIpc) is 3.89. The number of carbonyl (C=O) groups is 4. The van der Waals surface area contributed by atoms with Crippen LogP contribution in [0.2, 0.25) is 5.02 Å². The van der Waals surface area contributed by atoms with Crippen molar-refractivity contribution < 1.29 is 29.0 Å². The van der Waals surface area contributed by atoms with Crippen LogP contribution in [0.15, 0.2) is 103 Å². The molecule has 2 saturated heterocycles. The van der Waals surface area contributed by atoms with Crippen LogP contribution in [0.25, 0.3) is 11.3 Å². The van der Waals surface area contributed by atoms with E-state index in [-0.39, 0.29) is 37.2 Å². The lowest BCUT2D eigenvalue weighted by Crippen LogP contribution is -2.65. The molecule has 5 atom stereocenters. The summed E-state index contributed by atoms with van der Waals surface area (Å²) in [5.41, 5.74) is 4.80. The highest BCUT2D eigenvalue weighted by atomic mass is 35.5. The number of para-hydroxylation sites is 1. The van der Waals surface area contributed by atoms with Crippen LogP contribution in [-0.2, 0) is 52.2 Å². The molecule has 0 saturated carbocycles. The molecule has 340 valence electrons. The van der Waals surface area contributed by atoms with E-state index in [0.717, 1.165) is 40.2 Å². The van der Waals surface area contributed by atoms with Crippen LogP contribution in [0.3, 0.4) is 0 Å². The molecule has 4 unspecified atom stereocenters. The topological polar surface area (TPSA) is 149 Å². The standard InChI is InChI=1S/C51H58ClN7O6/c1-33-48(62)54-43(31-60)49(63)55-51(27-34-14-19-38(52)20-15-34)24-9-25-58(32-51)50(64)42(41-23-18-35-10-5-7-12-40(35)41)26-47(61)59(33)29-37-11-6-8-13-45(37)65-39-21-16-36(17-22-39)44-28-53-46(57(44)4)30-56(2)3/h5-8,10-17,19-22,28,33,41-43,60H,9,18,23-27,29-32H2,1-4H3,(H,54,62)(H,55,63)/t33?,41-,42?,43?,51?/m1/s1. The van der Waals surface area contributed by atoms with Gasteiger partial charge in [-0.15, -0.1) is 0 Å². The Morgan fingerprint density at radius 3 is 2.42 bits per heavy atom. The molecule has 8 rings (SSSR count). The molecule has 5 aromatic rings. The minimum absolute atomic E-state index is 0.0303. The van der Waals surface area contributed by atoms with Gasteiger partial charge in [0.15, 0.2) is 0 Å². The van der Waals surface area contributed by atoms with Gasteiger partial charge in [0.25, 0.3) is 0 Å². The zero-order valence-electron chi connectivity index (χ0n) is 37.5. The Balaban J connectivity index is 1.12. The molecule has 3 N–H and O–H groups in total. The first-order valence-corrected chi connectivity index (χ1v) is 22.8. The molecule has 13 nitrogen and oxygen atoms in total. The highest BCUT2D eigenvalue weighted by molar-refractivity contribution is 6.30. The van der Waals surface area contributed by atoms with Crippen molar-refractivity contribution in [2.24, 2.45) is 13.0 Å². The highest BCUT2D eigenvalue weighted by Crippen LogP contribution is 2.42. The molecule has 0 spiro atoms. The first-order valence-electron chi connectivity index (χ1n) is 22.5. The Morgan fingerprint density at radius 1 is 0.923 bits per heavy atom. The van der Waals surface area contributed by atoms with Crippen LogP contribution >= 0.6 is 11.6 Å². The van der Waals surface area contributed by atoms with E-state index >= 15 is 9.59 Å². The van der Waals surface area contributed by atoms with E-state index in [0.29, 0.717) is 60.9 Å². The van der Waals surface area contributed by atoms with Crippen molar-refractivity contribution in [3.8, 4) is 22.8 Å². The van der Waals surface area contributed by atoms with Crippen molar-refractivity contribution in [2.75, 3.05) is 33.8 Å². The Kier molecular flexibility index (Phi) is 13.7. The number of nitrogens with zero attached hydrogens (tertiary/aromatic N) is 5. The summed E-state index contributed by atoms with van der Waals surface area (Å²) in [7, 11) is 6.01. The monoisotopic (exact) mass is 899 g/mol. The maximum atomic E-state index is 15.2. The number of fused-ring (bicyclic) bond motifs is 3. The zero-order valence-corrected chi connectivity index (χ0v) is 38.3. The number of nitrogens with one attached hydrogen (secondary N) is 2. The highest BCUT2D eigenvalue weighted by Gasteiger charge is 2.45. The Morgan fingerprint density at radius 2 is 1.66 bits per heavy atom. The molecule has 14 heteroatoms. The molecule has 2 fully saturated rings. The number of aliphatic hydroxyl groups excluding tert-OH is 1. The van der Waals surface area contributed by atoms with Crippen LogP contribution in [0, 0.1) is 5.92 Å². The lowest BCUT2D eigenvalue weighted by molar-refractivity contribution is -0.148. The quantitative estimate of drug-likeness (QED) is 0.141. The molecular formula is C51H58ClN7O6. The Hall–Kier alpha value is -6.02. The fourth-order valence-corrected chi connectivity index (χ4v) is 9.98. The van der Waals surface area contributed by atoms with Crippen molar-refractivity contribution in [3.63, 3.8) is 0 Å². The number of benzene rings is 4. The van der Waals surface area contributed by atoms with Crippen molar-refractivity contribution in [1.29, 1.82) is 0 Å². The van der Waals surface area contributed by atoms with E-state index in [1.807, 2.05) is 105 Å². The first-order chi connectivity index (χ1) is 31.3. The second-order valence-corrected chi connectivity index (χ2v) is 18.6. The largest absolute Gasteiger partial charge is 0.457 e. The Labute approximate surface area is 385 Å². The maximum absolute atomic E-state index is 15.2. The second-order valence-electron chi connectivity index (χ2n) is 18.1. The molecule has 3 aliphatic rings. The van der Waals surface area contributed by atoms with Crippen molar-refractivity contribution >= 4 is 35.2 Å². The third-order valence-electron chi connectivity index (χ3n) is 13.3. The van der Waals surface area contributed by atoms with Crippen LogP contribution < -0.4 is 15.4 Å². The number of aliphatic hydroxyl groups is 1. The predicted molar refractivity (Wildman–Crippen MR) is 249 cm³/mol. The number of aromatic nitrogens is 2. The van der Waals surface area contributed by atoms with Gasteiger partial charge >= 0.3 is 0 Å². The number of piperidine rings is 1. The molecule has 4 amide bonds. The van der Waals surface area contributed by atoms with Crippen molar-refractivity contribution in [2.45, 2.75) is 82.1 Å². The van der Waals surface area contributed by atoms with Crippen LogP contribution in [-0.4, -0.2) is 104 Å². The summed E-state index contributed by atoms with van der Waals surface area (Å²) in [5.74, 6) is -0.685. The van der Waals surface area contributed by atoms with Gasteiger partial charge in [-0.05, 0) is 118 Å². The Bertz CT molecular complexity index is 2530. The summed E-state index contributed by atoms with van der Waals surface area (Å²) in [6.07, 6.45) is 4.75. The maximum Gasteiger partial charge on any atom is 0.245 e. The third-order valence-corrected chi connectivity index (χ3v) is 13.6. The van der Waals surface area contributed by atoms with Gasteiger partial charge in [-0.2, -0.15) is 0 Å². The molecule has 1 aliphatic carbocycles. The van der Waals surface area contributed by atoms with E-state index in [2.05, 4.69) is 37.2 Å². The summed E-state index contributed by atoms with van der Waals surface area (Å²) >= 11 is 6.24. The van der Waals surface area contributed by atoms with Crippen LogP contribution in [0.5, 0.6) is 11.5 Å². The summed E-state index contributed by atoms with van der Waals surface area (Å²) < 4.78 is 8.55. The van der Waals surface area contributed by atoms with Crippen LogP contribution in [0.1, 0.15) is 66.6 Å². The lowest BCUT2D eigenvalue weighted by atomic mass is 9.80. The van der Waals surface area contributed by atoms with Gasteiger partial charge in [0, 0.05) is 42.7 Å². The summed E-state index contributed by atoms with van der Waals surface area (Å²) in [6.45, 7) is 2.27. The number of carbonyl (C=O) groups excluding carboxylic acids is 4. The summed E-state index contributed by atoms with van der Waals surface area (Å²) in [6, 6.07) is 28.1. The summed E-state index contributed by atoms with van der Waals surface area (Å²) in [4.78, 5) is 68.8. The van der Waals surface area contributed by atoms with Gasteiger partial charge in [-0.3, -0.25) is 19.2 Å². The predicted octanol–water partition coefficient (Wildman–Crippen LogP) is 6.26. The third kappa shape index (κ3) is 10.1. The number of aryl methyl sites for hydroxylation is 1. The van der Waals surface area contributed by atoms with Gasteiger partial charge in [-0.25, -0.2) is 4.98 Å². The molecular weight excluding hydrogens is 842 g/mol. The van der Waals surface area contributed by atoms with Crippen molar-refractivity contribution in [3.05, 3.63) is 136 Å². The van der Waals surface area contributed by atoms with Gasteiger partial charge < -0.3 is 39.7 Å². The van der Waals surface area contributed by atoms with Crippen molar-refractivity contribution in [1.82, 2.24) is 34.9 Å². The zero-order chi connectivity index (χ0) is 45.8. The number of rotatable bonds is 11. The second kappa shape index (κ2) is 19.6. The van der Waals surface area contributed by atoms with Gasteiger partial charge in [-0.1, -0.05) is 66.2 Å². The van der Waals surface area contributed by atoms with E-state index in [9.17, 15) is 14.7 Å². The number of amides is 4. The molecule has 3 heterocycles.